The second kappa shape index (κ2) is 5.59. The van der Waals surface area contributed by atoms with Gasteiger partial charge in [-0.1, -0.05) is 0 Å². The van der Waals surface area contributed by atoms with E-state index in [1.807, 2.05) is 13.1 Å². The van der Waals surface area contributed by atoms with Crippen LogP contribution in [0.3, 0.4) is 0 Å². The zero-order valence-electron chi connectivity index (χ0n) is 10.4. The molecule has 0 bridgehead atoms. The summed E-state index contributed by atoms with van der Waals surface area (Å²) in [5, 5.41) is 5.54. The van der Waals surface area contributed by atoms with Crippen molar-refractivity contribution in [1.82, 2.24) is 10.6 Å². The van der Waals surface area contributed by atoms with Crippen LogP contribution in [0, 0.1) is 0 Å². The van der Waals surface area contributed by atoms with Gasteiger partial charge in [0.2, 0.25) is 6.79 Å². The summed E-state index contributed by atoms with van der Waals surface area (Å²) in [4.78, 5) is 11.2. The molecule has 2 N–H and O–H groups in total. The van der Waals surface area contributed by atoms with Crippen molar-refractivity contribution in [2.45, 2.75) is 6.54 Å². The fourth-order valence-corrected chi connectivity index (χ4v) is 1.64. The molecule has 2 rings (SSSR count). The number of amides is 1. The third-order valence-corrected chi connectivity index (χ3v) is 2.56. The lowest BCUT2D eigenvalue weighted by Crippen LogP contribution is -2.25. The zero-order chi connectivity index (χ0) is 13.0. The van der Waals surface area contributed by atoms with Gasteiger partial charge in [-0.25, -0.2) is 0 Å². The first-order valence-corrected chi connectivity index (χ1v) is 5.65. The lowest BCUT2D eigenvalue weighted by Gasteiger charge is -2.11. The summed E-state index contributed by atoms with van der Waals surface area (Å²) >= 11 is 0. The second-order valence-electron chi connectivity index (χ2n) is 3.81. The van der Waals surface area contributed by atoms with Gasteiger partial charge in [-0.2, -0.15) is 0 Å². The van der Waals surface area contributed by atoms with Gasteiger partial charge in [0.25, 0.3) is 5.91 Å². The van der Waals surface area contributed by atoms with E-state index in [9.17, 15) is 4.79 Å². The van der Waals surface area contributed by atoms with Crippen LogP contribution in [-0.2, 0) is 11.3 Å². The van der Waals surface area contributed by atoms with Gasteiger partial charge in [-0.3, -0.25) is 4.79 Å². The molecule has 0 radical (unpaired) electrons. The summed E-state index contributed by atoms with van der Waals surface area (Å²) in [6.07, 6.45) is 0. The molecule has 1 amide bonds. The quantitative estimate of drug-likeness (QED) is 0.786. The third kappa shape index (κ3) is 2.65. The molecule has 6 heteroatoms. The third-order valence-electron chi connectivity index (χ3n) is 2.56. The van der Waals surface area contributed by atoms with Crippen molar-refractivity contribution in [1.29, 1.82) is 0 Å². The Bertz CT molecular complexity index is 448. The van der Waals surface area contributed by atoms with Crippen molar-refractivity contribution in [2.24, 2.45) is 0 Å². The number of fused-ring (bicyclic) bond motifs is 1. The Balaban J connectivity index is 2.18. The van der Waals surface area contributed by atoms with Crippen molar-refractivity contribution in [3.05, 3.63) is 17.7 Å². The van der Waals surface area contributed by atoms with Crippen LogP contribution < -0.4 is 24.8 Å². The standard InChI is InChI=1S/C12H16N2O4/c1-13-5-8-3-10-11(18-7-17-10)4-9(8)16-6-12(15)14-2/h3-4,13H,5-7H2,1-2H3,(H,14,15). The Morgan fingerprint density at radius 3 is 2.72 bits per heavy atom. The number of likely N-dealkylation sites (N-methyl/N-ethyl adjacent to an activating group) is 1. The fraction of sp³-hybridized carbons (Fsp3) is 0.417. The summed E-state index contributed by atoms with van der Waals surface area (Å²) < 4.78 is 16.1. The van der Waals surface area contributed by atoms with Crippen molar-refractivity contribution in [3.63, 3.8) is 0 Å². The van der Waals surface area contributed by atoms with Crippen molar-refractivity contribution < 1.29 is 19.0 Å². The maximum atomic E-state index is 11.2. The van der Waals surface area contributed by atoms with Crippen molar-refractivity contribution in [3.8, 4) is 17.2 Å². The molecular formula is C12H16N2O4. The highest BCUT2D eigenvalue weighted by Crippen LogP contribution is 2.38. The van der Waals surface area contributed by atoms with Crippen LogP contribution in [-0.4, -0.2) is 33.4 Å². The van der Waals surface area contributed by atoms with Crippen LogP contribution in [0.5, 0.6) is 17.2 Å². The molecule has 0 saturated carbocycles. The van der Waals surface area contributed by atoms with E-state index in [1.165, 1.54) is 0 Å². The highest BCUT2D eigenvalue weighted by molar-refractivity contribution is 5.77. The largest absolute Gasteiger partial charge is 0.483 e. The molecule has 0 aliphatic carbocycles. The van der Waals surface area contributed by atoms with E-state index >= 15 is 0 Å². The maximum absolute atomic E-state index is 11.2. The molecule has 1 heterocycles. The average molecular weight is 252 g/mol. The summed E-state index contributed by atoms with van der Waals surface area (Å²) in [6.45, 7) is 0.819. The van der Waals surface area contributed by atoms with E-state index in [4.69, 9.17) is 14.2 Å². The minimum absolute atomic E-state index is 0.0210. The number of hydrogen-bond donors (Lipinski definition) is 2. The SMILES string of the molecule is CNCc1cc2c(cc1OCC(=O)NC)OCO2. The zero-order valence-corrected chi connectivity index (χ0v) is 10.4. The van der Waals surface area contributed by atoms with E-state index in [-0.39, 0.29) is 19.3 Å². The fourth-order valence-electron chi connectivity index (χ4n) is 1.64. The number of hydrogen-bond acceptors (Lipinski definition) is 5. The van der Waals surface area contributed by atoms with Gasteiger partial charge in [-0.05, 0) is 13.1 Å². The lowest BCUT2D eigenvalue weighted by molar-refractivity contribution is -0.122. The molecule has 1 aromatic carbocycles. The molecule has 1 aliphatic heterocycles. The molecule has 18 heavy (non-hydrogen) atoms. The van der Waals surface area contributed by atoms with Crippen LogP contribution in [0.4, 0.5) is 0 Å². The molecule has 6 nitrogen and oxygen atoms in total. The maximum Gasteiger partial charge on any atom is 0.257 e. The summed E-state index contributed by atoms with van der Waals surface area (Å²) in [6, 6.07) is 3.61. The number of rotatable bonds is 5. The van der Waals surface area contributed by atoms with Crippen LogP contribution >= 0.6 is 0 Å². The summed E-state index contributed by atoms with van der Waals surface area (Å²) in [5.74, 6) is 1.79. The second-order valence-corrected chi connectivity index (χ2v) is 3.81. The van der Waals surface area contributed by atoms with Gasteiger partial charge in [0.1, 0.15) is 5.75 Å². The normalized spacial score (nSPS) is 12.3. The van der Waals surface area contributed by atoms with Crippen LogP contribution in [0.2, 0.25) is 0 Å². The predicted molar refractivity (Wildman–Crippen MR) is 64.9 cm³/mol. The highest BCUT2D eigenvalue weighted by atomic mass is 16.7. The van der Waals surface area contributed by atoms with E-state index in [0.29, 0.717) is 23.8 Å². The molecule has 0 saturated heterocycles. The van der Waals surface area contributed by atoms with Crippen LogP contribution in [0.25, 0.3) is 0 Å². The van der Waals surface area contributed by atoms with Crippen molar-refractivity contribution >= 4 is 5.91 Å². The van der Waals surface area contributed by atoms with Gasteiger partial charge < -0.3 is 24.8 Å². The smallest absolute Gasteiger partial charge is 0.257 e. The number of carbonyl (C=O) groups excluding carboxylic acids is 1. The molecule has 0 unspecified atom stereocenters. The molecule has 0 aromatic heterocycles. The molecule has 98 valence electrons. The van der Waals surface area contributed by atoms with E-state index in [0.717, 1.165) is 5.56 Å². The van der Waals surface area contributed by atoms with Gasteiger partial charge >= 0.3 is 0 Å². The average Bonchev–Trinajstić information content (AvgIpc) is 2.83. The molecular weight excluding hydrogens is 236 g/mol. The molecule has 0 fully saturated rings. The number of carbonyl (C=O) groups is 1. The lowest BCUT2D eigenvalue weighted by atomic mass is 10.1. The Morgan fingerprint density at radius 2 is 2.06 bits per heavy atom. The van der Waals surface area contributed by atoms with Crippen molar-refractivity contribution in [2.75, 3.05) is 27.5 Å². The first kappa shape index (κ1) is 12.5. The van der Waals surface area contributed by atoms with Gasteiger partial charge in [0.15, 0.2) is 18.1 Å². The minimum atomic E-state index is -0.178. The topological polar surface area (TPSA) is 68.8 Å². The van der Waals surface area contributed by atoms with Gasteiger partial charge in [0, 0.05) is 25.2 Å². The Morgan fingerprint density at radius 1 is 1.33 bits per heavy atom. The number of nitrogens with one attached hydrogen (secondary N) is 2. The number of benzene rings is 1. The Kier molecular flexibility index (Phi) is 3.88. The molecule has 1 aromatic rings. The monoisotopic (exact) mass is 252 g/mol. The van der Waals surface area contributed by atoms with E-state index in [2.05, 4.69) is 10.6 Å². The Labute approximate surface area is 105 Å². The molecule has 0 spiro atoms. The summed E-state index contributed by atoms with van der Waals surface area (Å²) in [5.41, 5.74) is 0.922. The molecule has 0 atom stereocenters. The van der Waals surface area contributed by atoms with E-state index < -0.39 is 0 Å². The van der Waals surface area contributed by atoms with Crippen LogP contribution in [0.15, 0.2) is 12.1 Å². The molecule has 1 aliphatic rings. The van der Waals surface area contributed by atoms with Crippen LogP contribution in [0.1, 0.15) is 5.56 Å². The first-order chi connectivity index (χ1) is 8.74. The Hall–Kier alpha value is -1.95. The van der Waals surface area contributed by atoms with E-state index in [1.54, 1.807) is 13.1 Å². The number of ether oxygens (including phenoxy) is 3. The highest BCUT2D eigenvalue weighted by Gasteiger charge is 2.18. The minimum Gasteiger partial charge on any atom is -0.483 e. The van der Waals surface area contributed by atoms with Gasteiger partial charge in [0.05, 0.1) is 0 Å². The predicted octanol–water partition coefficient (Wildman–Crippen LogP) is 0.259. The summed E-state index contributed by atoms with van der Waals surface area (Å²) in [7, 11) is 3.41. The van der Waals surface area contributed by atoms with Gasteiger partial charge in [-0.15, -0.1) is 0 Å². The first-order valence-electron chi connectivity index (χ1n) is 5.65.